The fourth-order valence-corrected chi connectivity index (χ4v) is 4.33. The lowest BCUT2D eigenvalue weighted by Crippen LogP contribution is -2.24. The summed E-state index contributed by atoms with van der Waals surface area (Å²) in [5.74, 6) is -0.392. The molecule has 0 aliphatic carbocycles. The van der Waals surface area contributed by atoms with Crippen LogP contribution in [0, 0.1) is 0 Å². The summed E-state index contributed by atoms with van der Waals surface area (Å²) in [5.41, 5.74) is 2.87. The highest BCUT2D eigenvalue weighted by atomic mass is 35.5. The predicted octanol–water partition coefficient (Wildman–Crippen LogP) is 5.99. The van der Waals surface area contributed by atoms with Crippen molar-refractivity contribution in [3.8, 4) is 0 Å². The first kappa shape index (κ1) is 25.3. The van der Waals surface area contributed by atoms with Crippen LogP contribution in [0.3, 0.4) is 0 Å². The van der Waals surface area contributed by atoms with Crippen LogP contribution in [0.25, 0.3) is 0 Å². The SMILES string of the molecule is CCC(Sc1cccc(NC(=O)Cc2ccc(Cl)cc2)c1)C(=O)Nc1ccc(NC(C)=O)cc1. The highest BCUT2D eigenvalue weighted by Gasteiger charge is 2.18. The van der Waals surface area contributed by atoms with Gasteiger partial charge >= 0.3 is 0 Å². The van der Waals surface area contributed by atoms with Crippen LogP contribution in [-0.4, -0.2) is 23.0 Å². The molecular weight excluding hydrogens is 470 g/mol. The Hall–Kier alpha value is -3.29. The van der Waals surface area contributed by atoms with Crippen molar-refractivity contribution in [3.63, 3.8) is 0 Å². The lowest BCUT2D eigenvalue weighted by Gasteiger charge is -2.16. The summed E-state index contributed by atoms with van der Waals surface area (Å²) in [4.78, 5) is 37.3. The first-order chi connectivity index (χ1) is 16.3. The molecule has 3 amide bonds. The van der Waals surface area contributed by atoms with Gasteiger partial charge in [0.1, 0.15) is 0 Å². The first-order valence-corrected chi connectivity index (χ1v) is 12.1. The summed E-state index contributed by atoms with van der Waals surface area (Å²) < 4.78 is 0. The van der Waals surface area contributed by atoms with Gasteiger partial charge in [-0.3, -0.25) is 14.4 Å². The van der Waals surface area contributed by atoms with Gasteiger partial charge in [-0.05, 0) is 66.6 Å². The summed E-state index contributed by atoms with van der Waals surface area (Å²) in [5, 5.41) is 8.84. The van der Waals surface area contributed by atoms with E-state index in [0.717, 1.165) is 10.5 Å². The van der Waals surface area contributed by atoms with E-state index in [0.29, 0.717) is 28.5 Å². The van der Waals surface area contributed by atoms with Gasteiger partial charge in [-0.2, -0.15) is 0 Å². The van der Waals surface area contributed by atoms with Gasteiger partial charge in [-0.15, -0.1) is 11.8 Å². The Bertz CT molecular complexity index is 1150. The molecule has 3 rings (SSSR count). The van der Waals surface area contributed by atoms with E-state index in [2.05, 4.69) is 16.0 Å². The number of hydrogen-bond acceptors (Lipinski definition) is 4. The van der Waals surface area contributed by atoms with E-state index in [1.54, 1.807) is 36.4 Å². The molecule has 3 aromatic rings. The zero-order valence-electron chi connectivity index (χ0n) is 18.9. The molecule has 1 atom stereocenters. The number of anilines is 3. The minimum atomic E-state index is -0.310. The van der Waals surface area contributed by atoms with Gasteiger partial charge in [0.05, 0.1) is 11.7 Å². The number of carbonyl (C=O) groups is 3. The summed E-state index contributed by atoms with van der Waals surface area (Å²) in [7, 11) is 0. The summed E-state index contributed by atoms with van der Waals surface area (Å²) in [6.45, 7) is 3.40. The minimum Gasteiger partial charge on any atom is -0.326 e. The summed E-state index contributed by atoms with van der Waals surface area (Å²) >= 11 is 7.33. The van der Waals surface area contributed by atoms with Crippen molar-refractivity contribution >= 4 is 58.1 Å². The first-order valence-electron chi connectivity index (χ1n) is 10.8. The van der Waals surface area contributed by atoms with E-state index in [9.17, 15) is 14.4 Å². The Kier molecular flexibility index (Phi) is 9.13. The molecule has 0 aromatic heterocycles. The zero-order valence-corrected chi connectivity index (χ0v) is 20.5. The molecule has 3 aromatic carbocycles. The topological polar surface area (TPSA) is 87.3 Å². The molecule has 6 nitrogen and oxygen atoms in total. The Labute approximate surface area is 208 Å². The van der Waals surface area contributed by atoms with Gasteiger partial charge in [-0.1, -0.05) is 36.7 Å². The van der Waals surface area contributed by atoms with Gasteiger partial charge in [0.25, 0.3) is 0 Å². The number of thioether (sulfide) groups is 1. The third-order valence-electron chi connectivity index (χ3n) is 4.81. The smallest absolute Gasteiger partial charge is 0.237 e. The predicted molar refractivity (Wildman–Crippen MR) is 140 cm³/mol. The van der Waals surface area contributed by atoms with Crippen molar-refractivity contribution in [1.29, 1.82) is 0 Å². The maximum absolute atomic E-state index is 12.8. The van der Waals surface area contributed by atoms with Gasteiger partial charge < -0.3 is 16.0 Å². The number of amides is 3. The maximum Gasteiger partial charge on any atom is 0.237 e. The Morgan fingerprint density at radius 1 is 0.853 bits per heavy atom. The van der Waals surface area contributed by atoms with Crippen molar-refractivity contribution in [1.82, 2.24) is 0 Å². The number of nitrogens with one attached hydrogen (secondary N) is 3. The molecule has 0 aliphatic heterocycles. The molecule has 0 bridgehead atoms. The van der Waals surface area contributed by atoms with Crippen LogP contribution in [0.4, 0.5) is 17.1 Å². The van der Waals surface area contributed by atoms with Gasteiger partial charge in [0.15, 0.2) is 0 Å². The molecule has 0 radical (unpaired) electrons. The van der Waals surface area contributed by atoms with E-state index < -0.39 is 0 Å². The number of halogens is 1. The second-order valence-electron chi connectivity index (χ2n) is 7.64. The second-order valence-corrected chi connectivity index (χ2v) is 9.35. The number of hydrogen-bond donors (Lipinski definition) is 3. The molecule has 0 fully saturated rings. The average Bonchev–Trinajstić information content (AvgIpc) is 2.80. The fraction of sp³-hybridized carbons (Fsp3) is 0.192. The normalized spacial score (nSPS) is 11.4. The van der Waals surface area contributed by atoms with Crippen molar-refractivity contribution in [2.45, 2.75) is 36.8 Å². The zero-order chi connectivity index (χ0) is 24.5. The summed E-state index contributed by atoms with van der Waals surface area (Å²) in [6, 6.07) is 21.6. The molecular formula is C26H26ClN3O3S. The number of carbonyl (C=O) groups excluding carboxylic acids is 3. The number of benzene rings is 3. The highest BCUT2D eigenvalue weighted by molar-refractivity contribution is 8.00. The maximum atomic E-state index is 12.8. The number of rotatable bonds is 9. The van der Waals surface area contributed by atoms with E-state index >= 15 is 0 Å². The highest BCUT2D eigenvalue weighted by Crippen LogP contribution is 2.29. The minimum absolute atomic E-state index is 0.114. The van der Waals surface area contributed by atoms with Crippen LogP contribution >= 0.6 is 23.4 Å². The van der Waals surface area contributed by atoms with Crippen molar-refractivity contribution in [3.05, 3.63) is 83.4 Å². The van der Waals surface area contributed by atoms with Crippen LogP contribution < -0.4 is 16.0 Å². The van der Waals surface area contributed by atoms with Crippen molar-refractivity contribution in [2.75, 3.05) is 16.0 Å². The Morgan fingerprint density at radius 3 is 2.12 bits per heavy atom. The lowest BCUT2D eigenvalue weighted by atomic mass is 10.1. The molecule has 0 spiro atoms. The quantitative estimate of drug-likeness (QED) is 0.318. The molecule has 8 heteroatoms. The van der Waals surface area contributed by atoms with Crippen molar-refractivity contribution < 1.29 is 14.4 Å². The van der Waals surface area contributed by atoms with E-state index in [4.69, 9.17) is 11.6 Å². The van der Waals surface area contributed by atoms with Gasteiger partial charge in [-0.25, -0.2) is 0 Å². The largest absolute Gasteiger partial charge is 0.326 e. The molecule has 34 heavy (non-hydrogen) atoms. The van der Waals surface area contributed by atoms with Crippen LogP contribution in [-0.2, 0) is 20.8 Å². The third kappa shape index (κ3) is 7.93. The molecule has 3 N–H and O–H groups in total. The van der Waals surface area contributed by atoms with E-state index in [1.807, 2.05) is 43.3 Å². The lowest BCUT2D eigenvalue weighted by molar-refractivity contribution is -0.116. The van der Waals surface area contributed by atoms with Crippen LogP contribution in [0.5, 0.6) is 0 Å². The Balaban J connectivity index is 1.58. The van der Waals surface area contributed by atoms with Crippen LogP contribution in [0.1, 0.15) is 25.8 Å². The molecule has 0 aliphatic rings. The third-order valence-corrected chi connectivity index (χ3v) is 6.42. The average molecular weight is 496 g/mol. The second kappa shape index (κ2) is 12.3. The van der Waals surface area contributed by atoms with Crippen molar-refractivity contribution in [2.24, 2.45) is 0 Å². The van der Waals surface area contributed by atoms with Gasteiger partial charge in [0, 0.05) is 33.9 Å². The monoisotopic (exact) mass is 495 g/mol. The summed E-state index contributed by atoms with van der Waals surface area (Å²) in [6.07, 6.45) is 0.878. The molecule has 1 unspecified atom stereocenters. The Morgan fingerprint density at radius 2 is 1.50 bits per heavy atom. The van der Waals surface area contributed by atoms with E-state index in [-0.39, 0.29) is 29.4 Å². The molecule has 0 heterocycles. The van der Waals surface area contributed by atoms with Crippen LogP contribution in [0.2, 0.25) is 5.02 Å². The van der Waals surface area contributed by atoms with Gasteiger partial charge in [0.2, 0.25) is 17.7 Å². The molecule has 0 saturated carbocycles. The molecule has 176 valence electrons. The standard InChI is InChI=1S/C26H26ClN3O3S/c1-3-24(26(33)30-21-13-11-20(12-14-21)28-17(2)31)34-23-6-4-5-22(16-23)29-25(32)15-18-7-9-19(27)10-8-18/h4-14,16,24H,3,15H2,1-2H3,(H,28,31)(H,29,32)(H,30,33). The van der Waals surface area contributed by atoms with Crippen LogP contribution in [0.15, 0.2) is 77.7 Å². The molecule has 0 saturated heterocycles. The van der Waals surface area contributed by atoms with E-state index in [1.165, 1.54) is 18.7 Å². The fourth-order valence-electron chi connectivity index (χ4n) is 3.19.